The third-order valence-electron chi connectivity index (χ3n) is 14.4. The molecule has 318 valence electrons. The number of anilines is 3. The normalized spacial score (nSPS) is 12.9. The van der Waals surface area contributed by atoms with E-state index in [4.69, 9.17) is 4.74 Å². The molecule has 0 bridgehead atoms. The minimum absolute atomic E-state index is 0.660. The number of para-hydroxylation sites is 5. The number of ether oxygens (including phenoxy) is 1. The summed E-state index contributed by atoms with van der Waals surface area (Å²) < 4.78 is 9.28. The fourth-order valence-corrected chi connectivity index (χ4v) is 11.7. The summed E-state index contributed by atoms with van der Waals surface area (Å²) in [6.45, 7) is 0. The molecule has 0 fully saturated rings. The van der Waals surface area contributed by atoms with E-state index < -0.39 is 5.41 Å². The molecule has 0 atom stereocenters. The van der Waals surface area contributed by atoms with Gasteiger partial charge in [0.25, 0.3) is 0 Å². The van der Waals surface area contributed by atoms with Gasteiger partial charge in [0.15, 0.2) is 0 Å². The van der Waals surface area contributed by atoms with Crippen LogP contribution in [0.5, 0.6) is 11.5 Å². The van der Waals surface area contributed by atoms with Gasteiger partial charge in [-0.3, -0.25) is 0 Å². The lowest BCUT2D eigenvalue weighted by atomic mass is 9.58. The minimum atomic E-state index is -0.660. The van der Waals surface area contributed by atoms with E-state index >= 15 is 0 Å². The van der Waals surface area contributed by atoms with Crippen molar-refractivity contribution in [2.45, 2.75) is 5.41 Å². The second kappa shape index (κ2) is 15.1. The van der Waals surface area contributed by atoms with E-state index in [-0.39, 0.29) is 0 Å². The Labute approximate surface area is 395 Å². The van der Waals surface area contributed by atoms with Gasteiger partial charge >= 0.3 is 0 Å². The Balaban J connectivity index is 1.04. The summed E-state index contributed by atoms with van der Waals surface area (Å²) >= 11 is 0. The maximum absolute atomic E-state index is 6.78. The highest BCUT2D eigenvalue weighted by Gasteiger charge is 2.49. The standard InChI is InChI=1S/C65H42N2O/c1-4-19-43(20-5-1)49-28-18-29-50(44-21-6-2-7-22-44)64(49)67-59-34-13-10-27-52(59)54-41-47(38-40-60(54)67)66(46-25-8-3-9-26-46)48-37-39-51-53-30-16-23-45-24-17-33-57(63(45)53)65(58(51)42-48)55-31-11-14-35-61(55)68-62-36-15-12-32-56(62)65/h1-42H. The van der Waals surface area contributed by atoms with Gasteiger partial charge < -0.3 is 14.2 Å². The van der Waals surface area contributed by atoms with Crippen molar-refractivity contribution in [2.75, 3.05) is 4.90 Å². The van der Waals surface area contributed by atoms with E-state index in [0.717, 1.165) is 56.4 Å². The first-order valence-electron chi connectivity index (χ1n) is 23.4. The quantitative estimate of drug-likeness (QED) is 0.166. The Morgan fingerprint density at radius 3 is 1.57 bits per heavy atom. The molecule has 0 radical (unpaired) electrons. The molecular formula is C65H42N2O. The van der Waals surface area contributed by atoms with Gasteiger partial charge in [0, 0.05) is 50.1 Å². The van der Waals surface area contributed by atoms with E-state index in [1.165, 1.54) is 66.1 Å². The zero-order chi connectivity index (χ0) is 44.8. The highest BCUT2D eigenvalue weighted by molar-refractivity contribution is 6.12. The molecular weight excluding hydrogens is 825 g/mol. The van der Waals surface area contributed by atoms with Crippen molar-refractivity contribution in [3.05, 3.63) is 277 Å². The number of aromatic nitrogens is 1. The predicted molar refractivity (Wildman–Crippen MR) is 281 cm³/mol. The molecule has 2 aliphatic rings. The summed E-state index contributed by atoms with van der Waals surface area (Å²) in [5.41, 5.74) is 18.0. The lowest BCUT2D eigenvalue weighted by molar-refractivity contribution is 0.435. The molecule has 1 spiro atoms. The summed E-state index contributed by atoms with van der Waals surface area (Å²) in [6.07, 6.45) is 0. The van der Waals surface area contributed by atoms with Crippen molar-refractivity contribution < 1.29 is 4.74 Å². The van der Waals surface area contributed by atoms with Gasteiger partial charge in [0.1, 0.15) is 11.5 Å². The van der Waals surface area contributed by atoms with E-state index in [1.807, 2.05) is 0 Å². The summed E-state index contributed by atoms with van der Waals surface area (Å²) in [7, 11) is 0. The molecule has 0 N–H and O–H groups in total. The predicted octanol–water partition coefficient (Wildman–Crippen LogP) is 17.2. The maximum atomic E-state index is 6.78. The van der Waals surface area contributed by atoms with Crippen molar-refractivity contribution >= 4 is 49.6 Å². The monoisotopic (exact) mass is 866 g/mol. The van der Waals surface area contributed by atoms with Crippen molar-refractivity contribution in [1.29, 1.82) is 0 Å². The first kappa shape index (κ1) is 38.4. The van der Waals surface area contributed by atoms with Crippen LogP contribution in [-0.4, -0.2) is 4.57 Å². The average molecular weight is 867 g/mol. The molecule has 3 nitrogen and oxygen atoms in total. The van der Waals surface area contributed by atoms with Gasteiger partial charge in [0.05, 0.1) is 22.1 Å². The zero-order valence-corrected chi connectivity index (χ0v) is 37.1. The molecule has 0 saturated heterocycles. The van der Waals surface area contributed by atoms with Gasteiger partial charge in [-0.2, -0.15) is 0 Å². The fourth-order valence-electron chi connectivity index (χ4n) is 11.7. The third kappa shape index (κ3) is 5.54. The summed E-state index contributed by atoms with van der Waals surface area (Å²) in [5.74, 6) is 1.76. The Morgan fingerprint density at radius 2 is 0.868 bits per heavy atom. The van der Waals surface area contributed by atoms with Gasteiger partial charge in [-0.1, -0.05) is 194 Å². The van der Waals surface area contributed by atoms with Crippen LogP contribution in [0.25, 0.3) is 71.6 Å². The maximum Gasteiger partial charge on any atom is 0.132 e. The largest absolute Gasteiger partial charge is 0.457 e. The fraction of sp³-hybridized carbons (Fsp3) is 0.0154. The Bertz CT molecular complexity index is 3840. The highest BCUT2D eigenvalue weighted by atomic mass is 16.5. The smallest absolute Gasteiger partial charge is 0.132 e. The lowest BCUT2D eigenvalue weighted by Crippen LogP contribution is -2.36. The van der Waals surface area contributed by atoms with Gasteiger partial charge in [-0.05, 0) is 105 Å². The summed E-state index contributed by atoms with van der Waals surface area (Å²) in [6, 6.07) is 93.0. The average Bonchev–Trinajstić information content (AvgIpc) is 3.74. The minimum Gasteiger partial charge on any atom is -0.457 e. The molecule has 1 aromatic heterocycles. The summed E-state index contributed by atoms with van der Waals surface area (Å²) in [4.78, 5) is 2.44. The molecule has 68 heavy (non-hydrogen) atoms. The van der Waals surface area contributed by atoms with Crippen molar-refractivity contribution in [3.8, 4) is 50.6 Å². The number of rotatable bonds is 6. The molecule has 2 heterocycles. The molecule has 0 saturated carbocycles. The van der Waals surface area contributed by atoms with E-state index in [0.29, 0.717) is 0 Å². The van der Waals surface area contributed by atoms with Crippen LogP contribution in [0.4, 0.5) is 17.1 Å². The second-order valence-electron chi connectivity index (χ2n) is 17.9. The van der Waals surface area contributed by atoms with Crippen LogP contribution in [0.1, 0.15) is 22.3 Å². The van der Waals surface area contributed by atoms with Crippen LogP contribution in [-0.2, 0) is 5.41 Å². The number of hydrogen-bond acceptors (Lipinski definition) is 2. The van der Waals surface area contributed by atoms with Gasteiger partial charge in [0.2, 0.25) is 0 Å². The van der Waals surface area contributed by atoms with Crippen LogP contribution in [0.3, 0.4) is 0 Å². The molecule has 1 aliphatic carbocycles. The Kier molecular flexibility index (Phi) is 8.50. The number of fused-ring (bicyclic) bond motifs is 11. The molecule has 12 aromatic rings. The Hall–Kier alpha value is -8.92. The zero-order valence-electron chi connectivity index (χ0n) is 37.1. The third-order valence-corrected chi connectivity index (χ3v) is 14.4. The SMILES string of the molecule is c1ccc(-c2cccc(-c3ccccc3)c2-n2c3ccccc3c3cc(N(c4ccccc4)c4ccc5c(c4)C4(c6ccccc6Oc6ccccc64)c4cccc6cccc-5c46)ccc32)cc1. The molecule has 14 rings (SSSR count). The van der Waals surface area contributed by atoms with Crippen molar-refractivity contribution in [2.24, 2.45) is 0 Å². The topological polar surface area (TPSA) is 17.4 Å². The number of hydrogen-bond donors (Lipinski definition) is 0. The van der Waals surface area contributed by atoms with Crippen LogP contribution < -0.4 is 9.64 Å². The van der Waals surface area contributed by atoms with Gasteiger partial charge in [-0.25, -0.2) is 0 Å². The molecule has 11 aromatic carbocycles. The van der Waals surface area contributed by atoms with Gasteiger partial charge in [-0.15, -0.1) is 0 Å². The van der Waals surface area contributed by atoms with E-state index in [1.54, 1.807) is 0 Å². The molecule has 3 heteroatoms. The van der Waals surface area contributed by atoms with Crippen LogP contribution >= 0.6 is 0 Å². The van der Waals surface area contributed by atoms with Crippen LogP contribution in [0.15, 0.2) is 255 Å². The molecule has 0 amide bonds. The van der Waals surface area contributed by atoms with Crippen molar-refractivity contribution in [1.82, 2.24) is 4.57 Å². The first-order chi connectivity index (χ1) is 33.8. The van der Waals surface area contributed by atoms with Crippen LogP contribution in [0.2, 0.25) is 0 Å². The van der Waals surface area contributed by atoms with E-state index in [2.05, 4.69) is 264 Å². The number of benzene rings is 11. The highest BCUT2D eigenvalue weighted by Crippen LogP contribution is 2.62. The lowest BCUT2D eigenvalue weighted by Gasteiger charge is -2.45. The number of nitrogens with zero attached hydrogens (tertiary/aromatic N) is 2. The van der Waals surface area contributed by atoms with E-state index in [9.17, 15) is 0 Å². The van der Waals surface area contributed by atoms with Crippen LogP contribution in [0, 0.1) is 0 Å². The second-order valence-corrected chi connectivity index (χ2v) is 17.9. The van der Waals surface area contributed by atoms with Crippen molar-refractivity contribution in [3.63, 3.8) is 0 Å². The molecule has 0 unspecified atom stereocenters. The first-order valence-corrected chi connectivity index (χ1v) is 23.4. The molecule has 1 aliphatic heterocycles. The Morgan fingerprint density at radius 1 is 0.338 bits per heavy atom. The summed E-state index contributed by atoms with van der Waals surface area (Å²) in [5, 5.41) is 4.90.